The van der Waals surface area contributed by atoms with Gasteiger partial charge in [-0.25, -0.2) is 8.42 Å². The highest BCUT2D eigenvalue weighted by Crippen LogP contribution is 2.21. The van der Waals surface area contributed by atoms with E-state index in [0.29, 0.717) is 5.02 Å². The molecule has 3 aromatic carbocycles. The summed E-state index contributed by atoms with van der Waals surface area (Å²) >= 11 is 5.78. The third-order valence-electron chi connectivity index (χ3n) is 3.98. The topological polar surface area (TPSA) is 125 Å². The van der Waals surface area contributed by atoms with Crippen LogP contribution in [0.3, 0.4) is 0 Å². The number of hydrogen-bond acceptors (Lipinski definition) is 5. The molecule has 0 spiro atoms. The largest absolute Gasteiger partial charge is 0.507 e. The number of nitrogens with one attached hydrogen (secondary N) is 3. The monoisotopic (exact) mass is 445 g/mol. The van der Waals surface area contributed by atoms with Gasteiger partial charge >= 0.3 is 0 Å². The number of para-hydroxylation sites is 2. The Kier molecular flexibility index (Phi) is 6.24. The summed E-state index contributed by atoms with van der Waals surface area (Å²) in [6, 6.07) is 17.2. The Morgan fingerprint density at radius 3 is 1.93 bits per heavy atom. The fourth-order valence-electron chi connectivity index (χ4n) is 2.50. The number of phenols is 1. The first-order valence-electron chi connectivity index (χ1n) is 8.54. The van der Waals surface area contributed by atoms with E-state index in [1.807, 2.05) is 0 Å². The summed E-state index contributed by atoms with van der Waals surface area (Å²) in [5.74, 6) is -1.74. The lowest BCUT2D eigenvalue weighted by Crippen LogP contribution is -2.41. The summed E-state index contributed by atoms with van der Waals surface area (Å²) in [4.78, 5) is 24.6. The molecule has 2 amide bonds. The van der Waals surface area contributed by atoms with Crippen molar-refractivity contribution in [2.45, 2.75) is 4.90 Å². The molecule has 0 aromatic heterocycles. The van der Waals surface area contributed by atoms with E-state index in [4.69, 9.17) is 11.6 Å². The van der Waals surface area contributed by atoms with Crippen LogP contribution in [0.4, 0.5) is 5.69 Å². The minimum Gasteiger partial charge on any atom is -0.507 e. The second-order valence-corrected chi connectivity index (χ2v) is 8.15. The Balaban J connectivity index is 1.76. The van der Waals surface area contributed by atoms with E-state index in [1.165, 1.54) is 48.5 Å². The maximum atomic E-state index is 12.6. The third kappa shape index (κ3) is 4.88. The zero-order valence-electron chi connectivity index (χ0n) is 15.3. The number of anilines is 1. The molecule has 0 aliphatic rings. The third-order valence-corrected chi connectivity index (χ3v) is 5.61. The van der Waals surface area contributed by atoms with Gasteiger partial charge in [-0.2, -0.15) is 0 Å². The van der Waals surface area contributed by atoms with Crippen molar-refractivity contribution < 1.29 is 23.1 Å². The predicted molar refractivity (Wildman–Crippen MR) is 112 cm³/mol. The molecule has 0 aliphatic carbocycles. The van der Waals surface area contributed by atoms with E-state index in [9.17, 15) is 23.1 Å². The molecule has 0 saturated carbocycles. The van der Waals surface area contributed by atoms with Crippen LogP contribution in [0.25, 0.3) is 0 Å². The highest BCUT2D eigenvalue weighted by Gasteiger charge is 2.19. The molecule has 3 aromatic rings. The zero-order chi connectivity index (χ0) is 21.7. The molecule has 0 unspecified atom stereocenters. The van der Waals surface area contributed by atoms with Crippen LogP contribution in [-0.4, -0.2) is 25.3 Å². The number of halogens is 1. The van der Waals surface area contributed by atoms with E-state index in [-0.39, 0.29) is 27.5 Å². The number of carbonyl (C=O) groups is 2. The molecule has 0 saturated heterocycles. The van der Waals surface area contributed by atoms with Crippen LogP contribution in [0.5, 0.6) is 5.75 Å². The Morgan fingerprint density at radius 2 is 1.30 bits per heavy atom. The molecule has 0 atom stereocenters. The van der Waals surface area contributed by atoms with Gasteiger partial charge in [0.25, 0.3) is 21.8 Å². The van der Waals surface area contributed by atoms with Crippen molar-refractivity contribution in [3.05, 3.63) is 88.9 Å². The minimum absolute atomic E-state index is 0.0155. The quantitative estimate of drug-likeness (QED) is 0.449. The van der Waals surface area contributed by atoms with Crippen LogP contribution >= 0.6 is 11.6 Å². The predicted octanol–water partition coefficient (Wildman–Crippen LogP) is 2.92. The van der Waals surface area contributed by atoms with Gasteiger partial charge in [0.2, 0.25) is 0 Å². The maximum Gasteiger partial charge on any atom is 0.273 e. The highest BCUT2D eigenvalue weighted by atomic mass is 35.5. The number of hydrogen-bond donors (Lipinski definition) is 4. The van der Waals surface area contributed by atoms with Gasteiger partial charge in [-0.15, -0.1) is 0 Å². The van der Waals surface area contributed by atoms with Crippen LogP contribution in [0, 0.1) is 0 Å². The number of carbonyl (C=O) groups excluding carboxylic acids is 2. The molecule has 4 N–H and O–H groups in total. The van der Waals surface area contributed by atoms with E-state index in [2.05, 4.69) is 15.6 Å². The molecular formula is C20H16ClN3O5S. The first kappa shape index (κ1) is 21.2. The lowest BCUT2D eigenvalue weighted by Gasteiger charge is -2.13. The van der Waals surface area contributed by atoms with Crippen molar-refractivity contribution >= 4 is 39.1 Å². The molecular weight excluding hydrogens is 430 g/mol. The normalized spacial score (nSPS) is 10.8. The summed E-state index contributed by atoms with van der Waals surface area (Å²) in [6.07, 6.45) is 0. The van der Waals surface area contributed by atoms with Crippen molar-refractivity contribution in [3.63, 3.8) is 0 Å². The van der Waals surface area contributed by atoms with Crippen LogP contribution < -0.4 is 15.6 Å². The van der Waals surface area contributed by atoms with E-state index in [1.54, 1.807) is 24.3 Å². The van der Waals surface area contributed by atoms with Gasteiger partial charge in [-0.05, 0) is 48.5 Å². The fourth-order valence-corrected chi connectivity index (χ4v) is 3.71. The van der Waals surface area contributed by atoms with Gasteiger partial charge in [0.15, 0.2) is 0 Å². The van der Waals surface area contributed by atoms with Crippen molar-refractivity contribution in [2.75, 3.05) is 4.72 Å². The molecule has 0 radical (unpaired) electrons. The van der Waals surface area contributed by atoms with Crippen LogP contribution in [-0.2, 0) is 10.0 Å². The summed E-state index contributed by atoms with van der Waals surface area (Å²) in [7, 11) is -3.98. The van der Waals surface area contributed by atoms with Gasteiger partial charge in [0.05, 0.1) is 21.7 Å². The van der Waals surface area contributed by atoms with Crippen molar-refractivity contribution in [2.24, 2.45) is 0 Å². The summed E-state index contributed by atoms with van der Waals surface area (Å²) in [6.45, 7) is 0. The number of sulfonamides is 1. The first-order chi connectivity index (χ1) is 14.3. The standard InChI is InChI=1S/C20H16ClN3O5S/c21-13-9-11-14(12-10-13)30(28,29)24-17-7-3-1-5-15(17)19(26)22-23-20(27)16-6-2-4-8-18(16)25/h1-12,24-25H,(H,22,26)(H,23,27). The molecule has 0 heterocycles. The molecule has 8 nitrogen and oxygen atoms in total. The molecule has 3 rings (SSSR count). The summed E-state index contributed by atoms with van der Waals surface area (Å²) in [5.41, 5.74) is 4.33. The number of phenolic OH excluding ortho intramolecular Hbond substituents is 1. The Hall–Kier alpha value is -3.56. The number of amides is 2. The van der Waals surface area contributed by atoms with Gasteiger partial charge < -0.3 is 5.11 Å². The fraction of sp³-hybridized carbons (Fsp3) is 0. The SMILES string of the molecule is O=C(NNC(=O)c1ccccc1NS(=O)(=O)c1ccc(Cl)cc1)c1ccccc1O. The second kappa shape index (κ2) is 8.85. The number of rotatable bonds is 5. The van der Waals surface area contributed by atoms with Crippen LogP contribution in [0.2, 0.25) is 5.02 Å². The lowest BCUT2D eigenvalue weighted by molar-refractivity contribution is 0.0845. The maximum absolute atomic E-state index is 12.6. The van der Waals surface area contributed by atoms with Crippen LogP contribution in [0.15, 0.2) is 77.7 Å². The molecule has 0 aliphatic heterocycles. The second-order valence-electron chi connectivity index (χ2n) is 6.03. The van der Waals surface area contributed by atoms with Gasteiger partial charge in [0, 0.05) is 5.02 Å². The molecule has 154 valence electrons. The minimum atomic E-state index is -3.98. The summed E-state index contributed by atoms with van der Waals surface area (Å²) in [5, 5.41) is 10.1. The molecule has 10 heteroatoms. The van der Waals surface area contributed by atoms with Crippen molar-refractivity contribution in [1.82, 2.24) is 10.9 Å². The highest BCUT2D eigenvalue weighted by molar-refractivity contribution is 7.92. The number of aromatic hydroxyl groups is 1. The Morgan fingerprint density at radius 1 is 0.767 bits per heavy atom. The Bertz CT molecular complexity index is 1200. The molecule has 30 heavy (non-hydrogen) atoms. The van der Waals surface area contributed by atoms with Crippen molar-refractivity contribution in [3.8, 4) is 5.75 Å². The summed E-state index contributed by atoms with van der Waals surface area (Å²) < 4.78 is 27.5. The van der Waals surface area contributed by atoms with E-state index < -0.39 is 21.8 Å². The zero-order valence-corrected chi connectivity index (χ0v) is 16.9. The van der Waals surface area contributed by atoms with Crippen LogP contribution in [0.1, 0.15) is 20.7 Å². The average Bonchev–Trinajstić information content (AvgIpc) is 2.72. The van der Waals surface area contributed by atoms with E-state index >= 15 is 0 Å². The molecule has 0 bridgehead atoms. The average molecular weight is 446 g/mol. The van der Waals surface area contributed by atoms with E-state index in [0.717, 1.165) is 0 Å². The first-order valence-corrected chi connectivity index (χ1v) is 10.4. The van der Waals surface area contributed by atoms with Crippen molar-refractivity contribution in [1.29, 1.82) is 0 Å². The van der Waals surface area contributed by atoms with Gasteiger partial charge in [-0.1, -0.05) is 35.9 Å². The Labute approximate surface area is 177 Å². The molecule has 0 fully saturated rings. The lowest BCUT2D eigenvalue weighted by atomic mass is 10.2. The number of benzene rings is 3. The smallest absolute Gasteiger partial charge is 0.273 e. The van der Waals surface area contributed by atoms with Gasteiger partial charge in [0.1, 0.15) is 5.75 Å². The number of hydrazine groups is 1. The van der Waals surface area contributed by atoms with Gasteiger partial charge in [-0.3, -0.25) is 25.2 Å².